The predicted octanol–water partition coefficient (Wildman–Crippen LogP) is 6.29. The van der Waals surface area contributed by atoms with Gasteiger partial charge in [-0.3, -0.25) is 14.4 Å². The maximum absolute atomic E-state index is 14.1. The lowest BCUT2D eigenvalue weighted by Crippen LogP contribution is -2.58. The standard InChI is InChI=1S/C27H29Cl2NO4/c1-3-22(25(33)17-7-8-17)30-24(16-9-11-19(28)12-10-16)21(18-5-4-6-20(29)13-18)14-27(2,26(30)34)15-23(31)32/h4-6,9-13,17,21-22,24H,3,7-8,14-15H2,1-2H3,(H,31,32)/t21-,22+,24-,27-/m1/s1. The third-order valence-corrected chi connectivity index (χ3v) is 7.65. The van der Waals surface area contributed by atoms with Crippen molar-refractivity contribution in [3.8, 4) is 0 Å². The lowest BCUT2D eigenvalue weighted by atomic mass is 9.66. The Hall–Kier alpha value is -2.37. The number of nitrogens with zero attached hydrogens (tertiary/aromatic N) is 1. The smallest absolute Gasteiger partial charge is 0.304 e. The molecular weight excluding hydrogens is 473 g/mol. The molecule has 5 nitrogen and oxygen atoms in total. The summed E-state index contributed by atoms with van der Waals surface area (Å²) in [4.78, 5) is 41.0. The van der Waals surface area contributed by atoms with Gasteiger partial charge in [-0.2, -0.15) is 0 Å². The lowest BCUT2D eigenvalue weighted by molar-refractivity contribution is -0.162. The van der Waals surface area contributed by atoms with E-state index in [1.807, 2.05) is 37.3 Å². The number of Topliss-reactive ketones (excluding diaryl/α,β-unsaturated/α-hetero) is 1. The number of aliphatic carboxylic acids is 1. The van der Waals surface area contributed by atoms with E-state index >= 15 is 0 Å². The summed E-state index contributed by atoms with van der Waals surface area (Å²) < 4.78 is 0. The van der Waals surface area contributed by atoms with Crippen molar-refractivity contribution in [3.05, 3.63) is 69.7 Å². The molecule has 0 spiro atoms. The molecule has 0 radical (unpaired) electrons. The maximum Gasteiger partial charge on any atom is 0.304 e. The van der Waals surface area contributed by atoms with E-state index in [9.17, 15) is 19.5 Å². The number of hydrogen-bond donors (Lipinski definition) is 1. The Morgan fingerprint density at radius 2 is 1.76 bits per heavy atom. The maximum atomic E-state index is 14.1. The zero-order valence-electron chi connectivity index (χ0n) is 19.3. The number of rotatable bonds is 8. The Morgan fingerprint density at radius 1 is 1.09 bits per heavy atom. The first-order valence-corrected chi connectivity index (χ1v) is 12.5. The third-order valence-electron chi connectivity index (χ3n) is 7.16. The summed E-state index contributed by atoms with van der Waals surface area (Å²) in [5, 5.41) is 10.8. The number of carbonyl (C=O) groups is 3. The summed E-state index contributed by atoms with van der Waals surface area (Å²) in [5.41, 5.74) is 0.622. The summed E-state index contributed by atoms with van der Waals surface area (Å²) in [6, 6.07) is 13.7. The molecule has 1 saturated heterocycles. The molecule has 0 bridgehead atoms. The molecule has 180 valence electrons. The number of carboxylic acid groups (broad SMARTS) is 1. The van der Waals surface area contributed by atoms with Gasteiger partial charge in [0.1, 0.15) is 0 Å². The molecule has 0 aromatic heterocycles. The molecule has 1 aliphatic carbocycles. The molecule has 2 aromatic carbocycles. The van der Waals surface area contributed by atoms with Crippen LogP contribution in [0, 0.1) is 11.3 Å². The van der Waals surface area contributed by atoms with E-state index in [1.165, 1.54) is 0 Å². The minimum Gasteiger partial charge on any atom is -0.481 e. The van der Waals surface area contributed by atoms with Crippen LogP contribution in [0.4, 0.5) is 0 Å². The molecule has 7 heteroatoms. The van der Waals surface area contributed by atoms with Crippen LogP contribution < -0.4 is 0 Å². The molecule has 4 rings (SSSR count). The molecule has 4 atom stereocenters. The van der Waals surface area contributed by atoms with Crippen molar-refractivity contribution in [1.29, 1.82) is 0 Å². The Bertz CT molecular complexity index is 1100. The number of likely N-dealkylation sites (tertiary alicyclic amines) is 1. The quantitative estimate of drug-likeness (QED) is 0.461. The SMILES string of the molecule is CC[C@@H](C(=O)C1CC1)N1C(=O)[C@@](C)(CC(=O)O)C[C@H](c2cccc(Cl)c2)[C@H]1c1ccc(Cl)cc1. The monoisotopic (exact) mass is 501 g/mol. The largest absolute Gasteiger partial charge is 0.481 e. The highest BCUT2D eigenvalue weighted by Crippen LogP contribution is 2.52. The van der Waals surface area contributed by atoms with Gasteiger partial charge in [-0.25, -0.2) is 0 Å². The fourth-order valence-electron chi connectivity index (χ4n) is 5.40. The first-order chi connectivity index (χ1) is 16.1. The van der Waals surface area contributed by atoms with Gasteiger partial charge in [-0.05, 0) is 61.1 Å². The topological polar surface area (TPSA) is 74.7 Å². The Kier molecular flexibility index (Phi) is 7.07. The summed E-state index contributed by atoms with van der Waals surface area (Å²) in [6.45, 7) is 3.62. The molecule has 1 aliphatic heterocycles. The first kappa shape index (κ1) is 24.7. The summed E-state index contributed by atoms with van der Waals surface area (Å²) in [6.07, 6.45) is 2.17. The number of hydrogen-bond acceptors (Lipinski definition) is 3. The fraction of sp³-hybridized carbons (Fsp3) is 0.444. The highest BCUT2D eigenvalue weighted by atomic mass is 35.5. The Labute approximate surface area is 210 Å². The van der Waals surface area contributed by atoms with Crippen molar-refractivity contribution in [3.63, 3.8) is 0 Å². The second-order valence-corrected chi connectivity index (χ2v) is 10.7. The average Bonchev–Trinajstić information content (AvgIpc) is 3.63. The fourth-order valence-corrected chi connectivity index (χ4v) is 5.72. The van der Waals surface area contributed by atoms with E-state index in [0.717, 1.165) is 24.0 Å². The highest BCUT2D eigenvalue weighted by molar-refractivity contribution is 6.30. The molecule has 34 heavy (non-hydrogen) atoms. The molecule has 1 saturated carbocycles. The minimum atomic E-state index is -1.15. The summed E-state index contributed by atoms with van der Waals surface area (Å²) >= 11 is 12.5. The van der Waals surface area contributed by atoms with Gasteiger partial charge < -0.3 is 10.0 Å². The normalized spacial score (nSPS) is 25.8. The van der Waals surface area contributed by atoms with Crippen LogP contribution in [0.1, 0.15) is 69.0 Å². The molecule has 1 heterocycles. The zero-order valence-corrected chi connectivity index (χ0v) is 20.9. The number of carbonyl (C=O) groups excluding carboxylic acids is 2. The second kappa shape index (κ2) is 9.71. The lowest BCUT2D eigenvalue weighted by Gasteiger charge is -2.51. The van der Waals surface area contributed by atoms with E-state index in [4.69, 9.17) is 23.2 Å². The minimum absolute atomic E-state index is 0.0270. The van der Waals surface area contributed by atoms with Gasteiger partial charge in [-0.15, -0.1) is 0 Å². The zero-order chi connectivity index (χ0) is 24.6. The van der Waals surface area contributed by atoms with Crippen molar-refractivity contribution in [2.24, 2.45) is 11.3 Å². The van der Waals surface area contributed by atoms with Gasteiger partial charge >= 0.3 is 5.97 Å². The van der Waals surface area contributed by atoms with Crippen LogP contribution in [0.2, 0.25) is 10.0 Å². The Balaban J connectivity index is 1.91. The molecule has 2 aromatic rings. The number of piperidine rings is 1. The first-order valence-electron chi connectivity index (χ1n) is 11.7. The van der Waals surface area contributed by atoms with Crippen molar-refractivity contribution in [2.45, 2.75) is 64.0 Å². The van der Waals surface area contributed by atoms with E-state index < -0.39 is 23.5 Å². The van der Waals surface area contributed by atoms with Crippen LogP contribution in [0.5, 0.6) is 0 Å². The predicted molar refractivity (Wildman–Crippen MR) is 132 cm³/mol. The molecular formula is C27H29Cl2NO4. The van der Waals surface area contributed by atoms with Gasteiger partial charge in [0.15, 0.2) is 5.78 Å². The molecule has 1 N–H and O–H groups in total. The number of ketones is 1. The van der Waals surface area contributed by atoms with Crippen LogP contribution in [0.15, 0.2) is 48.5 Å². The second-order valence-electron chi connectivity index (χ2n) is 9.81. The van der Waals surface area contributed by atoms with Gasteiger partial charge in [-0.1, -0.05) is 61.3 Å². The molecule has 0 unspecified atom stereocenters. The van der Waals surface area contributed by atoms with Crippen molar-refractivity contribution in [1.82, 2.24) is 4.90 Å². The van der Waals surface area contributed by atoms with Crippen molar-refractivity contribution < 1.29 is 19.5 Å². The van der Waals surface area contributed by atoms with Gasteiger partial charge in [0.05, 0.1) is 23.9 Å². The van der Waals surface area contributed by atoms with E-state index in [2.05, 4.69) is 0 Å². The van der Waals surface area contributed by atoms with Crippen LogP contribution in [-0.4, -0.2) is 33.7 Å². The highest BCUT2D eigenvalue weighted by Gasteiger charge is 2.54. The van der Waals surface area contributed by atoms with Crippen molar-refractivity contribution in [2.75, 3.05) is 0 Å². The molecule has 1 amide bonds. The number of amides is 1. The van der Waals surface area contributed by atoms with Gasteiger partial charge in [0.2, 0.25) is 5.91 Å². The molecule has 2 aliphatic rings. The van der Waals surface area contributed by atoms with Gasteiger partial charge in [0, 0.05) is 21.9 Å². The van der Waals surface area contributed by atoms with Crippen LogP contribution >= 0.6 is 23.2 Å². The van der Waals surface area contributed by atoms with Crippen LogP contribution in [0.3, 0.4) is 0 Å². The van der Waals surface area contributed by atoms with Crippen LogP contribution in [-0.2, 0) is 14.4 Å². The number of carboxylic acids is 1. The van der Waals surface area contributed by atoms with E-state index in [1.54, 1.807) is 30.0 Å². The third kappa shape index (κ3) is 4.87. The van der Waals surface area contributed by atoms with Crippen LogP contribution in [0.25, 0.3) is 0 Å². The average molecular weight is 502 g/mol. The number of benzene rings is 2. The van der Waals surface area contributed by atoms with E-state index in [-0.39, 0.29) is 29.9 Å². The van der Waals surface area contributed by atoms with E-state index in [0.29, 0.717) is 22.9 Å². The van der Waals surface area contributed by atoms with Crippen molar-refractivity contribution >= 4 is 40.9 Å². The molecule has 2 fully saturated rings. The van der Waals surface area contributed by atoms with Gasteiger partial charge in [0.25, 0.3) is 0 Å². The summed E-state index contributed by atoms with van der Waals surface area (Å²) in [5.74, 6) is -1.52. The number of halogens is 2. The Morgan fingerprint density at radius 3 is 2.32 bits per heavy atom. The summed E-state index contributed by atoms with van der Waals surface area (Å²) in [7, 11) is 0.